The van der Waals surface area contributed by atoms with Gasteiger partial charge in [0.05, 0.1) is 0 Å². The van der Waals surface area contributed by atoms with Crippen molar-refractivity contribution in [2.75, 3.05) is 0 Å². The van der Waals surface area contributed by atoms with Gasteiger partial charge in [-0.05, 0) is 0 Å². The van der Waals surface area contributed by atoms with Crippen molar-refractivity contribution >= 4 is 41.6 Å². The van der Waals surface area contributed by atoms with Crippen LogP contribution in [0.5, 0.6) is 0 Å². The van der Waals surface area contributed by atoms with Gasteiger partial charge in [0, 0.05) is 0 Å². The SMILES string of the molecule is [B]B=NB=BB=C. The minimum absolute atomic E-state index is 1.22. The van der Waals surface area contributed by atoms with E-state index in [1.54, 1.807) is 20.4 Å². The molecule has 0 amide bonds. The summed E-state index contributed by atoms with van der Waals surface area (Å²) < 4.78 is 0. The van der Waals surface area contributed by atoms with E-state index in [1.165, 1.54) is 6.96 Å². The van der Waals surface area contributed by atoms with Gasteiger partial charge in [-0.15, -0.1) is 0 Å². The molecule has 1 nitrogen and oxygen atoms in total. The van der Waals surface area contributed by atoms with Gasteiger partial charge in [-0.3, -0.25) is 0 Å². The van der Waals surface area contributed by atoms with Crippen LogP contribution in [-0.4, -0.2) is 41.6 Å². The first-order chi connectivity index (χ1) is 3.41. The fourth-order valence-electron chi connectivity index (χ4n) is 0.160. The molecule has 0 unspecified atom stereocenters. The Morgan fingerprint density at radius 3 is 2.71 bits per heavy atom. The van der Waals surface area contributed by atoms with E-state index in [4.69, 9.17) is 7.74 Å². The molecule has 0 saturated carbocycles. The summed E-state index contributed by atoms with van der Waals surface area (Å²) in [6, 6.07) is 0. The van der Waals surface area contributed by atoms with Gasteiger partial charge < -0.3 is 0 Å². The normalized spacial score (nSPS) is 6.86. The van der Waals surface area contributed by atoms with Gasteiger partial charge in [-0.25, -0.2) is 0 Å². The third-order valence-electron chi connectivity index (χ3n) is 0.394. The van der Waals surface area contributed by atoms with Crippen molar-refractivity contribution in [1.82, 2.24) is 0 Å². The Bertz CT molecular complexity index is 94.3. The summed E-state index contributed by atoms with van der Waals surface area (Å²) in [5.41, 5.74) is 0. The Morgan fingerprint density at radius 2 is 2.29 bits per heavy atom. The molecule has 2 radical (unpaired) electrons. The van der Waals surface area contributed by atoms with E-state index in [1.807, 2.05) is 0 Å². The molecule has 0 atom stereocenters. The maximum absolute atomic E-state index is 4.89. The summed E-state index contributed by atoms with van der Waals surface area (Å²) in [6.45, 7) is 9.55. The van der Waals surface area contributed by atoms with Crippen LogP contribution >= 0.6 is 0 Å². The second kappa shape index (κ2) is 5.99. The molecule has 0 aromatic carbocycles. The Hall–Kier alpha value is -0.00532. The molecule has 0 aromatic rings. The van der Waals surface area contributed by atoms with Crippen LogP contribution in [0.1, 0.15) is 0 Å². The average Bonchev–Trinajstić information content (AvgIpc) is 1.69. The summed E-state index contributed by atoms with van der Waals surface area (Å²) in [7, 11) is 4.89. The molecular formula is CH2B5N. The van der Waals surface area contributed by atoms with Crippen LogP contribution in [0.2, 0.25) is 0 Å². The van der Waals surface area contributed by atoms with Gasteiger partial charge in [-0.1, -0.05) is 0 Å². The fraction of sp³-hybridized carbons (Fsp3) is 0. The second-order valence-electron chi connectivity index (χ2n) is 0.875. The molecule has 0 heterocycles. The third-order valence-corrected chi connectivity index (χ3v) is 0.394. The summed E-state index contributed by atoms with van der Waals surface area (Å²) >= 11 is 0. The van der Waals surface area contributed by atoms with Crippen molar-refractivity contribution in [3.63, 3.8) is 0 Å². The van der Waals surface area contributed by atoms with E-state index in [0.717, 1.165) is 0 Å². The van der Waals surface area contributed by atoms with E-state index < -0.39 is 0 Å². The average molecular weight is 82.1 g/mol. The topological polar surface area (TPSA) is 12.4 Å². The Kier molecular flexibility index (Phi) is 5.99. The van der Waals surface area contributed by atoms with Crippen LogP contribution < -0.4 is 0 Å². The zero-order chi connectivity index (χ0) is 5.54. The molecule has 0 aliphatic heterocycles. The molecule has 0 spiro atoms. The number of nitrogens with zero attached hydrogens (tertiary/aromatic N) is 1. The monoisotopic (exact) mass is 83.1 g/mol. The van der Waals surface area contributed by atoms with E-state index in [2.05, 4.69) is 11.3 Å². The van der Waals surface area contributed by atoms with Gasteiger partial charge in [0.1, 0.15) is 0 Å². The van der Waals surface area contributed by atoms with Gasteiger partial charge in [-0.2, -0.15) is 0 Å². The molecule has 26 valence electrons. The Labute approximate surface area is 47.3 Å². The van der Waals surface area contributed by atoms with Gasteiger partial charge in [0.15, 0.2) is 0 Å². The van der Waals surface area contributed by atoms with Crippen LogP contribution in [0.4, 0.5) is 0 Å². The van der Waals surface area contributed by atoms with Crippen molar-refractivity contribution < 1.29 is 0 Å². The number of hydrogen-bond acceptors (Lipinski definition) is 1. The molecule has 0 aromatic heterocycles. The van der Waals surface area contributed by atoms with Crippen LogP contribution in [0.25, 0.3) is 0 Å². The maximum atomic E-state index is 4.89. The first kappa shape index (κ1) is 6.99. The van der Waals surface area contributed by atoms with E-state index in [-0.39, 0.29) is 0 Å². The molecular weight excluding hydrogens is 80.1 g/mol. The van der Waals surface area contributed by atoms with Crippen molar-refractivity contribution in [2.45, 2.75) is 0 Å². The minimum atomic E-state index is 1.22. The third kappa shape index (κ3) is 5.99. The molecule has 0 rings (SSSR count). The molecule has 0 aliphatic rings. The zero-order valence-corrected chi connectivity index (χ0v) is 4.04. The molecule has 0 fully saturated rings. The van der Waals surface area contributed by atoms with Crippen molar-refractivity contribution in [2.24, 2.45) is 4.81 Å². The van der Waals surface area contributed by atoms with Crippen LogP contribution in [0, 0.1) is 0 Å². The summed E-state index contributed by atoms with van der Waals surface area (Å²) in [5.74, 6) is 0. The van der Waals surface area contributed by atoms with Gasteiger partial charge in [0.2, 0.25) is 0 Å². The second-order valence-corrected chi connectivity index (χ2v) is 0.875. The van der Waals surface area contributed by atoms with Crippen LogP contribution in [-0.2, 0) is 0 Å². The first-order valence-corrected chi connectivity index (χ1v) is 1.92. The molecule has 0 N–H and O–H groups in total. The molecule has 0 aliphatic carbocycles. The fourth-order valence-corrected chi connectivity index (χ4v) is 0.160. The van der Waals surface area contributed by atoms with E-state index in [0.29, 0.717) is 0 Å². The molecule has 6 heteroatoms. The van der Waals surface area contributed by atoms with Gasteiger partial charge >= 0.3 is 46.4 Å². The van der Waals surface area contributed by atoms with Crippen molar-refractivity contribution in [3.8, 4) is 0 Å². The first-order valence-electron chi connectivity index (χ1n) is 1.92. The number of rotatable bonds is 2. The summed E-state index contributed by atoms with van der Waals surface area (Å²) in [5, 5.41) is 0. The molecule has 0 saturated heterocycles. The predicted molar refractivity (Wildman–Crippen MR) is 38.3 cm³/mol. The number of hydrogen-bond donors (Lipinski definition) is 0. The van der Waals surface area contributed by atoms with Gasteiger partial charge in [0.25, 0.3) is 0 Å². The predicted octanol–water partition coefficient (Wildman–Crippen LogP) is -1.75. The van der Waals surface area contributed by atoms with E-state index in [9.17, 15) is 0 Å². The standard InChI is InChI=1S/CH2B5N/c1-3-5-6-7-4-2/h1H2. The molecule has 0 bridgehead atoms. The zero-order valence-electron chi connectivity index (χ0n) is 4.04. The molecule has 7 heavy (non-hydrogen) atoms. The van der Waals surface area contributed by atoms with Crippen molar-refractivity contribution in [1.29, 1.82) is 0 Å². The Balaban J connectivity index is 3.27. The van der Waals surface area contributed by atoms with Crippen LogP contribution in [0.15, 0.2) is 4.81 Å². The van der Waals surface area contributed by atoms with E-state index >= 15 is 0 Å². The van der Waals surface area contributed by atoms with Crippen molar-refractivity contribution in [3.05, 3.63) is 0 Å². The van der Waals surface area contributed by atoms with Crippen LogP contribution in [0.3, 0.4) is 0 Å². The quantitative estimate of drug-likeness (QED) is 0.350. The Morgan fingerprint density at radius 1 is 1.57 bits per heavy atom. The summed E-state index contributed by atoms with van der Waals surface area (Å²) in [6.07, 6.45) is 0. The summed E-state index contributed by atoms with van der Waals surface area (Å²) in [4.78, 5) is 3.56.